The largest absolute Gasteiger partial charge is 0.340 e. The van der Waals surface area contributed by atoms with E-state index in [0.29, 0.717) is 22.0 Å². The number of tetrazole rings is 1. The van der Waals surface area contributed by atoms with Gasteiger partial charge in [-0.3, -0.25) is 9.59 Å². The SMILES string of the molecule is O=C(C=Cc1cc(Cl)ccc1-n1cnnn1)N[C@@H](Cc1ccccc1)C(=O)Nc1ccc(F)c(Cl)c1. The van der Waals surface area contributed by atoms with E-state index in [2.05, 4.69) is 26.2 Å². The summed E-state index contributed by atoms with van der Waals surface area (Å²) in [5.74, 6) is -1.60. The smallest absolute Gasteiger partial charge is 0.247 e. The number of aromatic nitrogens is 4. The third-order valence-corrected chi connectivity index (χ3v) is 5.63. The second-order valence-corrected chi connectivity index (χ2v) is 8.50. The molecule has 4 aromatic rings. The van der Waals surface area contributed by atoms with E-state index in [1.807, 2.05) is 30.3 Å². The zero-order valence-electron chi connectivity index (χ0n) is 18.6. The number of hydrogen-bond donors (Lipinski definition) is 2. The Kier molecular flexibility index (Phi) is 8.04. The van der Waals surface area contributed by atoms with Crippen LogP contribution in [0, 0.1) is 5.82 Å². The Morgan fingerprint density at radius 2 is 1.86 bits per heavy atom. The highest BCUT2D eigenvalue weighted by molar-refractivity contribution is 6.31. The van der Waals surface area contributed by atoms with Crippen LogP contribution in [0.15, 0.2) is 79.1 Å². The summed E-state index contributed by atoms with van der Waals surface area (Å²) in [5, 5.41) is 16.8. The quantitative estimate of drug-likeness (QED) is 0.330. The molecule has 2 amide bonds. The first-order valence-electron chi connectivity index (χ1n) is 10.7. The lowest BCUT2D eigenvalue weighted by Gasteiger charge is -2.18. The van der Waals surface area contributed by atoms with Gasteiger partial charge in [-0.1, -0.05) is 53.5 Å². The number of hydrogen-bond acceptors (Lipinski definition) is 5. The number of amides is 2. The summed E-state index contributed by atoms with van der Waals surface area (Å²) < 4.78 is 14.9. The molecule has 0 saturated carbocycles. The summed E-state index contributed by atoms with van der Waals surface area (Å²) >= 11 is 11.9. The maximum absolute atomic E-state index is 13.5. The van der Waals surface area contributed by atoms with Crippen LogP contribution in [0.4, 0.5) is 10.1 Å². The normalized spacial score (nSPS) is 11.9. The van der Waals surface area contributed by atoms with E-state index >= 15 is 0 Å². The van der Waals surface area contributed by atoms with Crippen LogP contribution in [0.25, 0.3) is 11.8 Å². The van der Waals surface area contributed by atoms with E-state index in [4.69, 9.17) is 23.2 Å². The van der Waals surface area contributed by atoms with Crippen molar-refractivity contribution < 1.29 is 14.0 Å². The molecule has 0 radical (unpaired) electrons. The molecule has 0 aliphatic heterocycles. The first-order chi connectivity index (χ1) is 17.4. The molecule has 11 heteroatoms. The van der Waals surface area contributed by atoms with E-state index in [-0.39, 0.29) is 11.4 Å². The van der Waals surface area contributed by atoms with Crippen molar-refractivity contribution in [3.63, 3.8) is 0 Å². The molecule has 0 fully saturated rings. The van der Waals surface area contributed by atoms with Crippen LogP contribution in [0.1, 0.15) is 11.1 Å². The van der Waals surface area contributed by atoms with E-state index in [1.165, 1.54) is 29.2 Å². The highest BCUT2D eigenvalue weighted by Gasteiger charge is 2.21. The van der Waals surface area contributed by atoms with Crippen molar-refractivity contribution in [2.24, 2.45) is 0 Å². The monoisotopic (exact) mass is 524 g/mol. The molecule has 1 heterocycles. The molecule has 0 saturated heterocycles. The van der Waals surface area contributed by atoms with Gasteiger partial charge in [0.05, 0.1) is 10.7 Å². The minimum Gasteiger partial charge on any atom is -0.340 e. The molecule has 0 bridgehead atoms. The highest BCUT2D eigenvalue weighted by atomic mass is 35.5. The topological polar surface area (TPSA) is 102 Å². The Bertz CT molecular complexity index is 1400. The van der Waals surface area contributed by atoms with Gasteiger partial charge in [-0.2, -0.15) is 4.68 Å². The van der Waals surface area contributed by atoms with Gasteiger partial charge >= 0.3 is 0 Å². The molecule has 3 aromatic carbocycles. The maximum Gasteiger partial charge on any atom is 0.247 e. The molecule has 182 valence electrons. The molecule has 0 aliphatic carbocycles. The molecule has 8 nitrogen and oxygen atoms in total. The van der Waals surface area contributed by atoms with Crippen molar-refractivity contribution in [1.82, 2.24) is 25.5 Å². The second-order valence-electron chi connectivity index (χ2n) is 7.66. The molecular formula is C25H19Cl2FN6O2. The van der Waals surface area contributed by atoms with Crippen LogP contribution >= 0.6 is 23.2 Å². The summed E-state index contributed by atoms with van der Waals surface area (Å²) in [6.07, 6.45) is 4.49. The van der Waals surface area contributed by atoms with Gasteiger partial charge in [0, 0.05) is 28.8 Å². The summed E-state index contributed by atoms with van der Waals surface area (Å²) in [6, 6.07) is 17.2. The van der Waals surface area contributed by atoms with E-state index < -0.39 is 23.7 Å². The molecule has 1 aromatic heterocycles. The Morgan fingerprint density at radius 3 is 2.58 bits per heavy atom. The fourth-order valence-electron chi connectivity index (χ4n) is 3.39. The number of anilines is 1. The third-order valence-electron chi connectivity index (χ3n) is 5.10. The minimum atomic E-state index is -0.924. The highest BCUT2D eigenvalue weighted by Crippen LogP contribution is 2.21. The average molecular weight is 525 g/mol. The summed E-state index contributed by atoms with van der Waals surface area (Å²) in [6.45, 7) is 0. The van der Waals surface area contributed by atoms with Gasteiger partial charge in [0.2, 0.25) is 11.8 Å². The minimum absolute atomic E-state index is 0.126. The van der Waals surface area contributed by atoms with E-state index in [9.17, 15) is 14.0 Å². The van der Waals surface area contributed by atoms with Gasteiger partial charge in [0.1, 0.15) is 18.2 Å². The van der Waals surface area contributed by atoms with Crippen molar-refractivity contribution in [2.45, 2.75) is 12.5 Å². The Morgan fingerprint density at radius 1 is 1.06 bits per heavy atom. The predicted molar refractivity (Wildman–Crippen MR) is 135 cm³/mol. The van der Waals surface area contributed by atoms with Gasteiger partial charge in [-0.05, 0) is 58.5 Å². The Labute approximate surface area is 215 Å². The zero-order valence-corrected chi connectivity index (χ0v) is 20.1. The van der Waals surface area contributed by atoms with Crippen LogP contribution in [-0.4, -0.2) is 38.1 Å². The van der Waals surface area contributed by atoms with Crippen LogP contribution in [0.3, 0.4) is 0 Å². The Balaban J connectivity index is 1.53. The van der Waals surface area contributed by atoms with Crippen LogP contribution < -0.4 is 10.6 Å². The number of carbonyl (C=O) groups is 2. The number of nitrogens with one attached hydrogen (secondary N) is 2. The second kappa shape index (κ2) is 11.6. The van der Waals surface area contributed by atoms with Crippen molar-refractivity contribution in [3.8, 4) is 5.69 Å². The first kappa shape index (κ1) is 25.0. The van der Waals surface area contributed by atoms with Gasteiger partial charge in [0.15, 0.2) is 0 Å². The fraction of sp³-hybridized carbons (Fsp3) is 0.0800. The van der Waals surface area contributed by atoms with Crippen molar-refractivity contribution in [3.05, 3.63) is 106 Å². The fourth-order valence-corrected chi connectivity index (χ4v) is 3.75. The molecule has 2 N–H and O–H groups in total. The molecule has 0 spiro atoms. The van der Waals surface area contributed by atoms with Crippen LogP contribution in [-0.2, 0) is 16.0 Å². The van der Waals surface area contributed by atoms with Crippen molar-refractivity contribution in [1.29, 1.82) is 0 Å². The maximum atomic E-state index is 13.5. The number of rotatable bonds is 8. The van der Waals surface area contributed by atoms with Crippen molar-refractivity contribution >= 4 is 46.8 Å². The molecule has 0 aliphatic rings. The molecule has 0 unspecified atom stereocenters. The van der Waals surface area contributed by atoms with Crippen LogP contribution in [0.2, 0.25) is 10.0 Å². The van der Waals surface area contributed by atoms with Gasteiger partial charge in [-0.15, -0.1) is 5.10 Å². The average Bonchev–Trinajstić information content (AvgIpc) is 3.40. The van der Waals surface area contributed by atoms with Crippen molar-refractivity contribution in [2.75, 3.05) is 5.32 Å². The molecule has 4 rings (SSSR count). The first-order valence-corrected chi connectivity index (χ1v) is 11.5. The van der Waals surface area contributed by atoms with Gasteiger partial charge in [0.25, 0.3) is 0 Å². The number of nitrogens with zero attached hydrogens (tertiary/aromatic N) is 4. The number of carbonyl (C=O) groups excluding carboxylic acids is 2. The lowest BCUT2D eigenvalue weighted by Crippen LogP contribution is -2.44. The van der Waals surface area contributed by atoms with E-state index in [0.717, 1.165) is 11.6 Å². The predicted octanol–water partition coefficient (Wildman–Crippen LogP) is 4.49. The van der Waals surface area contributed by atoms with Gasteiger partial charge < -0.3 is 10.6 Å². The molecule has 1 atom stereocenters. The summed E-state index contributed by atoms with van der Waals surface area (Å²) in [4.78, 5) is 25.9. The van der Waals surface area contributed by atoms with E-state index in [1.54, 1.807) is 24.3 Å². The zero-order chi connectivity index (χ0) is 25.5. The molecule has 36 heavy (non-hydrogen) atoms. The third kappa shape index (κ3) is 6.53. The number of halogens is 3. The molecular weight excluding hydrogens is 506 g/mol. The Hall–Kier alpha value is -4.08. The van der Waals surface area contributed by atoms with Crippen LogP contribution in [0.5, 0.6) is 0 Å². The summed E-state index contributed by atoms with van der Waals surface area (Å²) in [5.41, 5.74) is 2.35. The lowest BCUT2D eigenvalue weighted by molar-refractivity contribution is -0.123. The standard InChI is InChI=1S/C25H19Cl2FN6O2/c26-18-7-10-23(34-15-29-32-33-34)17(13-18)6-11-24(35)31-22(12-16-4-2-1-3-5-16)25(36)30-19-8-9-21(28)20(27)14-19/h1-11,13-15,22H,12H2,(H,30,36)(H,31,35)/t22-/m0/s1. The number of benzene rings is 3. The lowest BCUT2D eigenvalue weighted by atomic mass is 10.0. The summed E-state index contributed by atoms with van der Waals surface area (Å²) in [7, 11) is 0. The van der Waals surface area contributed by atoms with Gasteiger partial charge in [-0.25, -0.2) is 4.39 Å².